The molecule has 1 saturated heterocycles. The molecule has 0 spiro atoms. The Hall–Kier alpha value is -4.11. The van der Waals surface area contributed by atoms with Crippen molar-refractivity contribution in [3.05, 3.63) is 118 Å². The molecule has 0 aliphatic carbocycles. The molecule has 0 unspecified atom stereocenters. The summed E-state index contributed by atoms with van der Waals surface area (Å²) in [6, 6.07) is 17.4. The second-order valence-corrected chi connectivity index (χ2v) is 9.01. The minimum absolute atomic E-state index is 0.0879. The molecule has 9 heteroatoms. The van der Waals surface area contributed by atoms with Crippen LogP contribution in [0.3, 0.4) is 0 Å². The number of anilines is 1. The molecule has 4 aromatic rings. The summed E-state index contributed by atoms with van der Waals surface area (Å²) in [5, 5.41) is 0. The summed E-state index contributed by atoms with van der Waals surface area (Å²) >= 11 is 0. The van der Waals surface area contributed by atoms with Crippen LogP contribution in [0, 0.1) is 17.5 Å². The first-order chi connectivity index (χ1) is 17.9. The molecule has 0 bridgehead atoms. The van der Waals surface area contributed by atoms with Gasteiger partial charge in [0.2, 0.25) is 0 Å². The number of halogens is 3. The Labute approximate surface area is 211 Å². The predicted octanol–water partition coefficient (Wildman–Crippen LogP) is 4.55. The van der Waals surface area contributed by atoms with Gasteiger partial charge >= 0.3 is 0 Å². The summed E-state index contributed by atoms with van der Waals surface area (Å²) in [4.78, 5) is 19.1. The fourth-order valence-corrected chi connectivity index (χ4v) is 4.61. The van der Waals surface area contributed by atoms with Gasteiger partial charge in [-0.1, -0.05) is 30.3 Å². The fourth-order valence-electron chi connectivity index (χ4n) is 4.61. The van der Waals surface area contributed by atoms with Crippen LogP contribution in [0.25, 0.3) is 5.69 Å². The zero-order valence-electron chi connectivity index (χ0n) is 19.9. The third-order valence-corrected chi connectivity index (χ3v) is 6.57. The smallest absolute Gasteiger partial charge is 0.258 e. The van der Waals surface area contributed by atoms with E-state index < -0.39 is 29.4 Å². The lowest BCUT2D eigenvalue weighted by Crippen LogP contribution is -2.48. The Bertz CT molecular complexity index is 1440. The second-order valence-electron chi connectivity index (χ2n) is 9.01. The van der Waals surface area contributed by atoms with Crippen molar-refractivity contribution < 1.29 is 17.9 Å². The lowest BCUT2D eigenvalue weighted by molar-refractivity contribution is 0.305. The highest BCUT2D eigenvalue weighted by molar-refractivity contribution is 5.45. The zero-order chi connectivity index (χ0) is 25.9. The third kappa shape index (κ3) is 5.36. The van der Waals surface area contributed by atoms with Crippen LogP contribution in [0.5, 0.6) is 5.75 Å². The van der Waals surface area contributed by atoms with E-state index in [9.17, 15) is 18.0 Å². The maximum atomic E-state index is 14.3. The Morgan fingerprint density at radius 2 is 1.76 bits per heavy atom. The van der Waals surface area contributed by atoms with E-state index in [1.54, 1.807) is 30.6 Å². The van der Waals surface area contributed by atoms with Crippen molar-refractivity contribution in [2.24, 2.45) is 5.73 Å². The van der Waals surface area contributed by atoms with Gasteiger partial charge in [-0.05, 0) is 41.8 Å². The van der Waals surface area contributed by atoms with Crippen LogP contribution in [-0.2, 0) is 6.61 Å². The summed E-state index contributed by atoms with van der Waals surface area (Å²) in [5.41, 5.74) is 7.73. The van der Waals surface area contributed by atoms with Gasteiger partial charge in [0.15, 0.2) is 11.6 Å². The van der Waals surface area contributed by atoms with Crippen molar-refractivity contribution in [1.82, 2.24) is 9.55 Å². The summed E-state index contributed by atoms with van der Waals surface area (Å²) < 4.78 is 48.5. The number of ether oxygens (including phenoxy) is 1. The molecule has 3 heterocycles. The topological polar surface area (TPSA) is 73.4 Å². The van der Waals surface area contributed by atoms with Crippen molar-refractivity contribution in [3.63, 3.8) is 0 Å². The second kappa shape index (κ2) is 10.5. The van der Waals surface area contributed by atoms with Crippen molar-refractivity contribution in [2.45, 2.75) is 25.0 Å². The van der Waals surface area contributed by atoms with Crippen LogP contribution in [-0.4, -0.2) is 28.7 Å². The molecule has 0 amide bonds. The molecule has 1 fully saturated rings. The lowest BCUT2D eigenvalue weighted by atomic mass is 9.85. The van der Waals surface area contributed by atoms with E-state index in [0.717, 1.165) is 11.6 Å². The Morgan fingerprint density at radius 1 is 0.973 bits per heavy atom. The normalized spacial score (nSPS) is 17.6. The van der Waals surface area contributed by atoms with E-state index in [2.05, 4.69) is 4.98 Å². The first-order valence-corrected chi connectivity index (χ1v) is 11.9. The van der Waals surface area contributed by atoms with Crippen molar-refractivity contribution in [1.29, 1.82) is 0 Å². The van der Waals surface area contributed by atoms with Gasteiger partial charge in [0.25, 0.3) is 5.56 Å². The highest BCUT2D eigenvalue weighted by Crippen LogP contribution is 2.32. The number of nitrogens with zero attached hydrogens (tertiary/aromatic N) is 3. The Kier molecular flexibility index (Phi) is 6.96. The molecule has 5 rings (SSSR count). The average Bonchev–Trinajstić information content (AvgIpc) is 2.90. The number of benzene rings is 2. The van der Waals surface area contributed by atoms with Crippen LogP contribution in [0.15, 0.2) is 83.9 Å². The van der Waals surface area contributed by atoms with E-state index in [0.29, 0.717) is 49.4 Å². The van der Waals surface area contributed by atoms with E-state index >= 15 is 0 Å². The van der Waals surface area contributed by atoms with E-state index in [1.807, 2.05) is 35.2 Å². The van der Waals surface area contributed by atoms with E-state index in [4.69, 9.17) is 10.5 Å². The molecule has 6 nitrogen and oxygen atoms in total. The molecule has 2 aromatic carbocycles. The molecule has 1 aliphatic heterocycles. The molecule has 2 aromatic heterocycles. The average molecular weight is 507 g/mol. The fraction of sp³-hybridized carbons (Fsp3) is 0.214. The molecule has 0 radical (unpaired) electrons. The van der Waals surface area contributed by atoms with E-state index in [-0.39, 0.29) is 11.1 Å². The van der Waals surface area contributed by atoms with Crippen LogP contribution in [0.1, 0.15) is 23.5 Å². The van der Waals surface area contributed by atoms with Crippen LogP contribution < -0.4 is 20.9 Å². The first kappa shape index (κ1) is 24.6. The van der Waals surface area contributed by atoms with Gasteiger partial charge in [-0.3, -0.25) is 9.36 Å². The van der Waals surface area contributed by atoms with Crippen LogP contribution in [0.4, 0.5) is 19.0 Å². The monoisotopic (exact) mass is 506 g/mol. The van der Waals surface area contributed by atoms with Crippen LogP contribution in [0.2, 0.25) is 0 Å². The molecule has 2 N–H and O–H groups in total. The lowest BCUT2D eigenvalue weighted by Gasteiger charge is -2.37. The summed E-state index contributed by atoms with van der Waals surface area (Å²) in [7, 11) is 0. The first-order valence-electron chi connectivity index (χ1n) is 11.9. The Balaban J connectivity index is 1.25. The number of piperidine rings is 1. The number of pyridine rings is 2. The van der Waals surface area contributed by atoms with Gasteiger partial charge in [-0.2, -0.15) is 0 Å². The third-order valence-electron chi connectivity index (χ3n) is 6.57. The molecule has 1 aliphatic rings. The summed E-state index contributed by atoms with van der Waals surface area (Å²) in [6.07, 6.45) is 3.68. The highest BCUT2D eigenvalue weighted by atomic mass is 19.2. The number of hydrogen-bond acceptors (Lipinski definition) is 5. The molecular weight excluding hydrogens is 481 g/mol. The number of aromatic nitrogens is 2. The van der Waals surface area contributed by atoms with Gasteiger partial charge in [0.1, 0.15) is 24.0 Å². The maximum Gasteiger partial charge on any atom is 0.258 e. The number of nitrogens with two attached hydrogens (primary N) is 1. The molecule has 37 heavy (non-hydrogen) atoms. The summed E-state index contributed by atoms with van der Waals surface area (Å²) in [5.74, 6) is -2.41. The van der Waals surface area contributed by atoms with Gasteiger partial charge in [0, 0.05) is 43.4 Å². The molecular formula is C28H25F3N4O2. The maximum absolute atomic E-state index is 14.3. The standard InChI is InChI=1S/C28H25F3N4O2/c29-23-14-25(31)24(30)13-22(23)21-9-10-34(16-26(21)32)27-7-6-19(15-33-27)35-11-8-20(12-28(35)36)37-17-18-4-2-1-3-5-18/h1-8,11-15,21,26H,9-10,16-17,32H2/t21-,26+/m1/s1. The van der Waals surface area contributed by atoms with Crippen molar-refractivity contribution in [2.75, 3.05) is 18.0 Å². The molecule has 190 valence electrons. The predicted molar refractivity (Wildman–Crippen MR) is 134 cm³/mol. The van der Waals surface area contributed by atoms with Crippen molar-refractivity contribution in [3.8, 4) is 11.4 Å². The zero-order valence-corrected chi connectivity index (χ0v) is 19.9. The van der Waals surface area contributed by atoms with Gasteiger partial charge < -0.3 is 15.4 Å². The van der Waals surface area contributed by atoms with Crippen LogP contribution >= 0.6 is 0 Å². The number of rotatable bonds is 6. The van der Waals surface area contributed by atoms with E-state index in [1.165, 1.54) is 10.6 Å². The SMILES string of the molecule is N[C@H]1CN(c2ccc(-n3ccc(OCc4ccccc4)cc3=O)cn2)CC[C@@H]1c1cc(F)c(F)cc1F. The highest BCUT2D eigenvalue weighted by Gasteiger charge is 2.31. The quantitative estimate of drug-likeness (QED) is 0.389. The summed E-state index contributed by atoms with van der Waals surface area (Å²) in [6.45, 7) is 1.24. The largest absolute Gasteiger partial charge is 0.489 e. The van der Waals surface area contributed by atoms with Crippen molar-refractivity contribution >= 4 is 5.82 Å². The minimum atomic E-state index is -1.22. The number of hydrogen-bond donors (Lipinski definition) is 1. The van der Waals surface area contributed by atoms with Gasteiger partial charge in [-0.25, -0.2) is 18.2 Å². The molecule has 0 saturated carbocycles. The minimum Gasteiger partial charge on any atom is -0.489 e. The van der Waals surface area contributed by atoms with Gasteiger partial charge in [0.05, 0.1) is 11.9 Å². The Morgan fingerprint density at radius 3 is 2.46 bits per heavy atom. The molecule has 2 atom stereocenters. The van der Waals surface area contributed by atoms with Gasteiger partial charge in [-0.15, -0.1) is 0 Å².